The molecule has 0 bridgehead atoms. The summed E-state index contributed by atoms with van der Waals surface area (Å²) in [6, 6.07) is 4.97. The van der Waals surface area contributed by atoms with Gasteiger partial charge in [-0.15, -0.1) is 0 Å². The van der Waals surface area contributed by atoms with Gasteiger partial charge >= 0.3 is 6.18 Å². The Morgan fingerprint density at radius 1 is 1.43 bits per heavy atom. The first kappa shape index (κ1) is 16.3. The Bertz CT molecular complexity index is 492. The third kappa shape index (κ3) is 3.56. The molecule has 1 fully saturated rings. The highest BCUT2D eigenvalue weighted by atomic mass is 19.4. The maximum atomic E-state index is 13.0. The number of alkyl halides is 3. The maximum absolute atomic E-state index is 13.0. The van der Waals surface area contributed by atoms with Crippen molar-refractivity contribution in [3.63, 3.8) is 0 Å². The molecule has 3 atom stereocenters. The Balaban J connectivity index is 2.09. The van der Waals surface area contributed by atoms with Crippen molar-refractivity contribution < 1.29 is 23.0 Å². The van der Waals surface area contributed by atoms with E-state index in [2.05, 4.69) is 5.32 Å². The predicted octanol–water partition coefficient (Wildman–Crippen LogP) is 2.90. The summed E-state index contributed by atoms with van der Waals surface area (Å²) in [4.78, 5) is 0. The van der Waals surface area contributed by atoms with E-state index in [1.54, 1.807) is 19.9 Å². The molecule has 0 spiro atoms. The molecule has 3 unspecified atom stereocenters. The summed E-state index contributed by atoms with van der Waals surface area (Å²) in [5.74, 6) is 0. The molecule has 0 amide bonds. The van der Waals surface area contributed by atoms with Crippen LogP contribution in [0, 0.1) is 0 Å². The molecule has 2 N–H and O–H groups in total. The largest absolute Gasteiger partial charge is 0.416 e. The van der Waals surface area contributed by atoms with Gasteiger partial charge in [-0.1, -0.05) is 18.2 Å². The molecule has 1 aliphatic heterocycles. The van der Waals surface area contributed by atoms with Crippen molar-refractivity contribution in [3.8, 4) is 0 Å². The average Bonchev–Trinajstić information content (AvgIpc) is 2.75. The fourth-order valence-corrected chi connectivity index (χ4v) is 2.58. The lowest BCUT2D eigenvalue weighted by atomic mass is 9.95. The summed E-state index contributed by atoms with van der Waals surface area (Å²) in [5.41, 5.74) is -1.49. The Morgan fingerprint density at radius 2 is 2.10 bits per heavy atom. The fraction of sp³-hybridized carbons (Fsp3) is 0.600. The molecule has 1 saturated heterocycles. The van der Waals surface area contributed by atoms with Gasteiger partial charge in [0, 0.05) is 25.6 Å². The van der Waals surface area contributed by atoms with Gasteiger partial charge in [0.2, 0.25) is 0 Å². The van der Waals surface area contributed by atoms with Crippen molar-refractivity contribution in [2.45, 2.75) is 44.2 Å². The lowest BCUT2D eigenvalue weighted by molar-refractivity contribution is -0.138. The highest BCUT2D eigenvalue weighted by Gasteiger charge is 2.40. The Hall–Kier alpha value is -1.11. The average molecular weight is 303 g/mol. The van der Waals surface area contributed by atoms with Crippen LogP contribution in [0.25, 0.3) is 0 Å². The third-order valence-corrected chi connectivity index (χ3v) is 4.11. The molecule has 0 radical (unpaired) electrons. The second kappa shape index (κ2) is 5.94. The number of halogens is 3. The van der Waals surface area contributed by atoms with E-state index in [-0.39, 0.29) is 18.2 Å². The number of hydrogen-bond acceptors (Lipinski definition) is 3. The predicted molar refractivity (Wildman–Crippen MR) is 72.8 cm³/mol. The molecule has 1 aromatic rings. The summed E-state index contributed by atoms with van der Waals surface area (Å²) in [5, 5.41) is 13.4. The van der Waals surface area contributed by atoms with Gasteiger partial charge in [0.25, 0.3) is 0 Å². The highest BCUT2D eigenvalue weighted by Crippen LogP contribution is 2.34. The van der Waals surface area contributed by atoms with Crippen molar-refractivity contribution in [3.05, 3.63) is 35.4 Å². The van der Waals surface area contributed by atoms with E-state index < -0.39 is 23.4 Å². The summed E-state index contributed by atoms with van der Waals surface area (Å²) < 4.78 is 44.3. The van der Waals surface area contributed by atoms with Gasteiger partial charge in [-0.3, -0.25) is 0 Å². The molecular weight excluding hydrogens is 283 g/mol. The number of hydrogen-bond donors (Lipinski definition) is 2. The lowest BCUT2D eigenvalue weighted by Crippen LogP contribution is -2.46. The topological polar surface area (TPSA) is 41.5 Å². The molecule has 3 nitrogen and oxygen atoms in total. The van der Waals surface area contributed by atoms with Crippen molar-refractivity contribution >= 4 is 0 Å². The first-order valence-corrected chi connectivity index (χ1v) is 6.97. The van der Waals surface area contributed by atoms with Crippen LogP contribution in [0.3, 0.4) is 0 Å². The number of nitrogens with one attached hydrogen (secondary N) is 1. The Morgan fingerprint density at radius 3 is 2.67 bits per heavy atom. The molecule has 21 heavy (non-hydrogen) atoms. The fourth-order valence-electron chi connectivity index (χ4n) is 2.58. The summed E-state index contributed by atoms with van der Waals surface area (Å²) in [6.07, 6.45) is -4.22. The van der Waals surface area contributed by atoms with Crippen LogP contribution in [0.15, 0.2) is 24.3 Å². The molecule has 118 valence electrons. The van der Waals surface area contributed by atoms with Gasteiger partial charge in [-0.2, -0.15) is 13.2 Å². The van der Waals surface area contributed by atoms with Gasteiger partial charge < -0.3 is 15.2 Å². The van der Waals surface area contributed by atoms with Crippen LogP contribution < -0.4 is 5.32 Å². The van der Waals surface area contributed by atoms with Gasteiger partial charge in [-0.25, -0.2) is 0 Å². The number of ether oxygens (including phenoxy) is 1. The molecule has 1 aromatic carbocycles. The van der Waals surface area contributed by atoms with Crippen molar-refractivity contribution in [2.24, 2.45) is 0 Å². The van der Waals surface area contributed by atoms with Crippen LogP contribution in [0.5, 0.6) is 0 Å². The van der Waals surface area contributed by atoms with Gasteiger partial charge in [0.1, 0.15) is 5.60 Å². The number of benzene rings is 1. The van der Waals surface area contributed by atoms with E-state index in [0.717, 1.165) is 6.07 Å². The van der Waals surface area contributed by atoms with Crippen LogP contribution in [0.4, 0.5) is 13.2 Å². The van der Waals surface area contributed by atoms with Gasteiger partial charge in [-0.05, 0) is 25.5 Å². The van der Waals surface area contributed by atoms with Gasteiger partial charge in [0.05, 0.1) is 11.7 Å². The second-order valence-electron chi connectivity index (χ2n) is 5.55. The van der Waals surface area contributed by atoms with E-state index in [1.807, 2.05) is 0 Å². The van der Waals surface area contributed by atoms with E-state index >= 15 is 0 Å². The highest BCUT2D eigenvalue weighted by molar-refractivity contribution is 5.32. The third-order valence-electron chi connectivity index (χ3n) is 4.11. The van der Waals surface area contributed by atoms with Crippen molar-refractivity contribution in [1.29, 1.82) is 0 Å². The normalized spacial score (nSPS) is 27.8. The molecule has 0 saturated carbocycles. The molecule has 2 rings (SSSR count). The SMILES string of the molecule is CC(NCC1(O)CCOC1C)c1ccccc1C(F)(F)F. The zero-order valence-corrected chi connectivity index (χ0v) is 12.1. The van der Waals surface area contributed by atoms with Crippen molar-refractivity contribution in [1.82, 2.24) is 5.32 Å². The summed E-state index contributed by atoms with van der Waals surface area (Å²) in [7, 11) is 0. The minimum Gasteiger partial charge on any atom is -0.386 e. The number of aliphatic hydroxyl groups is 1. The number of rotatable bonds is 4. The van der Waals surface area contributed by atoms with Crippen LogP contribution >= 0.6 is 0 Å². The Labute approximate surface area is 122 Å². The van der Waals surface area contributed by atoms with E-state index in [0.29, 0.717) is 13.0 Å². The molecule has 1 heterocycles. The molecular formula is C15H20F3NO2. The zero-order valence-electron chi connectivity index (χ0n) is 12.1. The first-order chi connectivity index (χ1) is 9.74. The quantitative estimate of drug-likeness (QED) is 0.898. The minimum atomic E-state index is -4.38. The standard InChI is InChI=1S/C15H20F3NO2/c1-10(19-9-14(20)7-8-21-11(14)2)12-5-3-4-6-13(12)15(16,17)18/h3-6,10-11,19-20H,7-9H2,1-2H3. The summed E-state index contributed by atoms with van der Waals surface area (Å²) in [6.45, 7) is 4.09. The molecule has 1 aliphatic rings. The lowest BCUT2D eigenvalue weighted by Gasteiger charge is -2.29. The van der Waals surface area contributed by atoms with Gasteiger partial charge in [0.15, 0.2) is 0 Å². The monoisotopic (exact) mass is 303 g/mol. The maximum Gasteiger partial charge on any atom is 0.416 e. The van der Waals surface area contributed by atoms with E-state index in [9.17, 15) is 18.3 Å². The van der Waals surface area contributed by atoms with Crippen LogP contribution in [-0.4, -0.2) is 30.0 Å². The van der Waals surface area contributed by atoms with Crippen LogP contribution in [0.1, 0.15) is 37.4 Å². The van der Waals surface area contributed by atoms with Crippen LogP contribution in [-0.2, 0) is 10.9 Å². The van der Waals surface area contributed by atoms with E-state index in [4.69, 9.17) is 4.74 Å². The zero-order chi connectivity index (χ0) is 15.7. The Kier molecular flexibility index (Phi) is 4.60. The molecule has 0 aliphatic carbocycles. The first-order valence-electron chi connectivity index (χ1n) is 6.97. The molecule has 6 heteroatoms. The van der Waals surface area contributed by atoms with E-state index in [1.165, 1.54) is 12.1 Å². The second-order valence-corrected chi connectivity index (χ2v) is 5.55. The van der Waals surface area contributed by atoms with Crippen LogP contribution in [0.2, 0.25) is 0 Å². The minimum absolute atomic E-state index is 0.181. The van der Waals surface area contributed by atoms with Crippen molar-refractivity contribution in [2.75, 3.05) is 13.2 Å². The summed E-state index contributed by atoms with van der Waals surface area (Å²) >= 11 is 0. The smallest absolute Gasteiger partial charge is 0.386 e. The molecule has 0 aromatic heterocycles.